The Morgan fingerprint density at radius 3 is 3.05 bits per heavy atom. The van der Waals surface area contributed by atoms with Crippen LogP contribution in [0.4, 0.5) is 5.13 Å². The van der Waals surface area contributed by atoms with E-state index < -0.39 is 0 Å². The molecule has 3 aromatic rings. The summed E-state index contributed by atoms with van der Waals surface area (Å²) in [6.45, 7) is 0.571. The van der Waals surface area contributed by atoms with Gasteiger partial charge in [0.25, 0.3) is 5.91 Å². The number of nitrogens with two attached hydrogens (primary N) is 1. The normalized spacial score (nSPS) is 10.9. The van der Waals surface area contributed by atoms with E-state index in [1.54, 1.807) is 16.9 Å². The maximum atomic E-state index is 12.1. The Bertz CT molecular complexity index is 792. The molecule has 3 rings (SSSR count). The fourth-order valence-electron chi connectivity index (χ4n) is 2.14. The number of hydrogen-bond donors (Lipinski definition) is 2. The van der Waals surface area contributed by atoms with Crippen LogP contribution in [0.5, 0.6) is 0 Å². The van der Waals surface area contributed by atoms with Crippen LogP contribution in [-0.4, -0.2) is 27.2 Å². The SMILES string of the molecule is Cn1nccc1CCNC(=O)c1ccc2nc(N)sc2c1. The first kappa shape index (κ1) is 13.6. The summed E-state index contributed by atoms with van der Waals surface area (Å²) in [7, 11) is 1.89. The molecule has 6 nitrogen and oxygen atoms in total. The highest BCUT2D eigenvalue weighted by Crippen LogP contribution is 2.24. The second-order valence-corrected chi connectivity index (χ2v) is 5.75. The van der Waals surface area contributed by atoms with Crippen molar-refractivity contribution in [1.82, 2.24) is 20.1 Å². The van der Waals surface area contributed by atoms with E-state index >= 15 is 0 Å². The third kappa shape index (κ3) is 2.87. The number of hydrogen-bond acceptors (Lipinski definition) is 5. The maximum Gasteiger partial charge on any atom is 0.251 e. The molecule has 0 aliphatic heterocycles. The Hall–Kier alpha value is -2.41. The summed E-state index contributed by atoms with van der Waals surface area (Å²) in [6.07, 6.45) is 2.50. The zero-order valence-electron chi connectivity index (χ0n) is 11.5. The molecule has 0 fully saturated rings. The van der Waals surface area contributed by atoms with E-state index in [9.17, 15) is 4.79 Å². The predicted octanol–water partition coefficient (Wildman–Crippen LogP) is 1.58. The van der Waals surface area contributed by atoms with Gasteiger partial charge in [-0.05, 0) is 24.3 Å². The molecule has 21 heavy (non-hydrogen) atoms. The topological polar surface area (TPSA) is 85.8 Å². The Morgan fingerprint density at radius 2 is 2.29 bits per heavy atom. The van der Waals surface area contributed by atoms with Gasteiger partial charge in [0.15, 0.2) is 5.13 Å². The third-order valence-corrected chi connectivity index (χ3v) is 4.10. The monoisotopic (exact) mass is 301 g/mol. The number of anilines is 1. The van der Waals surface area contributed by atoms with Gasteiger partial charge >= 0.3 is 0 Å². The lowest BCUT2D eigenvalue weighted by molar-refractivity contribution is 0.0954. The number of nitrogens with zero attached hydrogens (tertiary/aromatic N) is 3. The molecular formula is C14H15N5OS. The van der Waals surface area contributed by atoms with Crippen LogP contribution >= 0.6 is 11.3 Å². The number of amides is 1. The summed E-state index contributed by atoms with van der Waals surface area (Å²) < 4.78 is 2.73. The van der Waals surface area contributed by atoms with Crippen molar-refractivity contribution in [3.05, 3.63) is 41.7 Å². The van der Waals surface area contributed by atoms with Gasteiger partial charge in [-0.1, -0.05) is 11.3 Å². The summed E-state index contributed by atoms with van der Waals surface area (Å²) in [4.78, 5) is 16.3. The zero-order valence-corrected chi connectivity index (χ0v) is 12.4. The van der Waals surface area contributed by atoms with E-state index in [0.29, 0.717) is 17.2 Å². The van der Waals surface area contributed by atoms with Crippen molar-refractivity contribution >= 4 is 32.6 Å². The molecule has 0 bridgehead atoms. The van der Waals surface area contributed by atoms with Crippen LogP contribution in [0.1, 0.15) is 16.1 Å². The van der Waals surface area contributed by atoms with Crippen LogP contribution in [0, 0.1) is 0 Å². The van der Waals surface area contributed by atoms with Crippen LogP contribution in [-0.2, 0) is 13.5 Å². The van der Waals surface area contributed by atoms with E-state index in [0.717, 1.165) is 22.3 Å². The highest BCUT2D eigenvalue weighted by Gasteiger charge is 2.08. The molecule has 0 radical (unpaired) electrons. The molecule has 7 heteroatoms. The first-order valence-corrected chi connectivity index (χ1v) is 7.36. The van der Waals surface area contributed by atoms with Gasteiger partial charge in [-0.25, -0.2) is 4.98 Å². The van der Waals surface area contributed by atoms with Crippen LogP contribution in [0.15, 0.2) is 30.5 Å². The average molecular weight is 301 g/mol. The van der Waals surface area contributed by atoms with Gasteiger partial charge in [-0.3, -0.25) is 9.48 Å². The van der Waals surface area contributed by atoms with Crippen molar-refractivity contribution < 1.29 is 4.79 Å². The van der Waals surface area contributed by atoms with Gasteiger partial charge in [0.05, 0.1) is 10.2 Å². The number of nitrogens with one attached hydrogen (secondary N) is 1. The molecule has 0 aliphatic rings. The number of nitrogen functional groups attached to an aromatic ring is 1. The highest BCUT2D eigenvalue weighted by molar-refractivity contribution is 7.22. The molecule has 0 saturated heterocycles. The van der Waals surface area contributed by atoms with E-state index in [1.165, 1.54) is 11.3 Å². The second kappa shape index (κ2) is 5.53. The molecule has 0 saturated carbocycles. The summed E-state index contributed by atoms with van der Waals surface area (Å²) in [6, 6.07) is 7.35. The number of aromatic nitrogens is 3. The van der Waals surface area contributed by atoms with Gasteiger partial charge in [0, 0.05) is 37.5 Å². The molecule has 0 atom stereocenters. The number of thiazole rings is 1. The lowest BCUT2D eigenvalue weighted by Gasteiger charge is -2.05. The van der Waals surface area contributed by atoms with Gasteiger partial charge in [-0.2, -0.15) is 5.10 Å². The van der Waals surface area contributed by atoms with Crippen LogP contribution in [0.2, 0.25) is 0 Å². The minimum Gasteiger partial charge on any atom is -0.375 e. The van der Waals surface area contributed by atoms with Gasteiger partial charge in [-0.15, -0.1) is 0 Å². The van der Waals surface area contributed by atoms with Gasteiger partial charge < -0.3 is 11.1 Å². The highest BCUT2D eigenvalue weighted by atomic mass is 32.1. The lowest BCUT2D eigenvalue weighted by Crippen LogP contribution is -2.26. The first-order valence-electron chi connectivity index (χ1n) is 6.54. The molecule has 2 aromatic heterocycles. The van der Waals surface area contributed by atoms with E-state index in [-0.39, 0.29) is 5.91 Å². The van der Waals surface area contributed by atoms with Gasteiger partial charge in [0.2, 0.25) is 0 Å². The Balaban J connectivity index is 1.65. The third-order valence-electron chi connectivity index (χ3n) is 3.26. The van der Waals surface area contributed by atoms with Crippen molar-refractivity contribution in [3.8, 4) is 0 Å². The zero-order chi connectivity index (χ0) is 14.8. The van der Waals surface area contributed by atoms with Crippen LogP contribution < -0.4 is 11.1 Å². The standard InChI is InChI=1S/C14H15N5OS/c1-19-10(5-7-17-19)4-6-16-13(20)9-2-3-11-12(8-9)21-14(15)18-11/h2-3,5,7-8H,4,6H2,1H3,(H2,15,18)(H,16,20). The van der Waals surface area contributed by atoms with E-state index in [2.05, 4.69) is 15.4 Å². The number of carbonyl (C=O) groups excluding carboxylic acids is 1. The van der Waals surface area contributed by atoms with Crippen molar-refractivity contribution in [3.63, 3.8) is 0 Å². The molecule has 0 spiro atoms. The van der Waals surface area contributed by atoms with E-state index in [4.69, 9.17) is 5.73 Å². The minimum absolute atomic E-state index is 0.0916. The summed E-state index contributed by atoms with van der Waals surface area (Å²) in [5, 5.41) is 7.52. The lowest BCUT2D eigenvalue weighted by atomic mass is 10.2. The average Bonchev–Trinajstić information content (AvgIpc) is 3.02. The molecule has 108 valence electrons. The summed E-state index contributed by atoms with van der Waals surface area (Å²) in [5.74, 6) is -0.0916. The predicted molar refractivity (Wildman–Crippen MR) is 83.3 cm³/mol. The largest absolute Gasteiger partial charge is 0.375 e. The molecule has 1 amide bonds. The summed E-state index contributed by atoms with van der Waals surface area (Å²) >= 11 is 1.38. The Labute approximate surface area is 125 Å². The van der Waals surface area contributed by atoms with Crippen molar-refractivity contribution in [2.24, 2.45) is 7.05 Å². The van der Waals surface area contributed by atoms with Crippen LogP contribution in [0.3, 0.4) is 0 Å². The smallest absolute Gasteiger partial charge is 0.251 e. The van der Waals surface area contributed by atoms with E-state index in [1.807, 2.05) is 25.2 Å². The molecular weight excluding hydrogens is 286 g/mol. The summed E-state index contributed by atoms with van der Waals surface area (Å²) in [5.41, 5.74) is 8.19. The Kier molecular flexibility index (Phi) is 3.57. The quantitative estimate of drug-likeness (QED) is 0.766. The van der Waals surface area contributed by atoms with Gasteiger partial charge in [0.1, 0.15) is 0 Å². The molecule has 2 heterocycles. The second-order valence-electron chi connectivity index (χ2n) is 4.69. The Morgan fingerprint density at radius 1 is 1.43 bits per heavy atom. The molecule has 0 unspecified atom stereocenters. The fraction of sp³-hybridized carbons (Fsp3) is 0.214. The maximum absolute atomic E-state index is 12.1. The first-order chi connectivity index (χ1) is 10.1. The number of aryl methyl sites for hydroxylation is 1. The molecule has 1 aromatic carbocycles. The molecule has 3 N–H and O–H groups in total. The van der Waals surface area contributed by atoms with Crippen LogP contribution in [0.25, 0.3) is 10.2 Å². The number of fused-ring (bicyclic) bond motifs is 1. The van der Waals surface area contributed by atoms with Crippen molar-refractivity contribution in [1.29, 1.82) is 0 Å². The molecule has 0 aliphatic carbocycles. The number of carbonyl (C=O) groups is 1. The number of benzene rings is 1. The minimum atomic E-state index is -0.0916. The van der Waals surface area contributed by atoms with Crippen molar-refractivity contribution in [2.75, 3.05) is 12.3 Å². The fourth-order valence-corrected chi connectivity index (χ4v) is 2.91. The van der Waals surface area contributed by atoms with Crippen molar-refractivity contribution in [2.45, 2.75) is 6.42 Å². The number of rotatable bonds is 4.